The number of hydroxylamine groups is 1. The first-order valence-electron chi connectivity index (χ1n) is 7.38. The molecule has 3 aromatic rings. The van der Waals surface area contributed by atoms with Crippen molar-refractivity contribution in [3.8, 4) is 17.2 Å². The van der Waals surface area contributed by atoms with Crippen LogP contribution in [0.1, 0.15) is 5.56 Å². The molecule has 0 fully saturated rings. The summed E-state index contributed by atoms with van der Waals surface area (Å²) in [5.41, 5.74) is 3.77. The topological polar surface area (TPSA) is 30.5 Å². The van der Waals surface area contributed by atoms with Crippen LogP contribution in [0.5, 0.6) is 17.2 Å². The van der Waals surface area contributed by atoms with Gasteiger partial charge in [-0.05, 0) is 36.4 Å². The standard InChI is InChI=1S/C12H10O.C8H7NO/c1-3-7-11(8-4-1)13-12-9-5-2-6-10-12;1-2-4-8-7(3-1)5-6-9-10-8/h1-10H;1-6,9H. The lowest BCUT2D eigenvalue weighted by atomic mass is 10.2. The monoisotopic (exact) mass is 303 g/mol. The molecule has 0 atom stereocenters. The van der Waals surface area contributed by atoms with Gasteiger partial charge in [0, 0.05) is 11.8 Å². The van der Waals surface area contributed by atoms with Crippen LogP contribution in [0.25, 0.3) is 6.08 Å². The second-order valence-electron chi connectivity index (χ2n) is 4.82. The Balaban J connectivity index is 0.000000140. The molecule has 0 bridgehead atoms. The van der Waals surface area contributed by atoms with Gasteiger partial charge in [-0.25, -0.2) is 5.48 Å². The molecule has 1 N–H and O–H groups in total. The van der Waals surface area contributed by atoms with Gasteiger partial charge in [0.05, 0.1) is 0 Å². The first-order chi connectivity index (χ1) is 11.4. The molecular weight excluding hydrogens is 286 g/mol. The van der Waals surface area contributed by atoms with Crippen LogP contribution in [-0.2, 0) is 0 Å². The van der Waals surface area contributed by atoms with Crippen molar-refractivity contribution >= 4 is 6.08 Å². The average Bonchev–Trinajstić information content (AvgIpc) is 2.64. The maximum atomic E-state index is 5.58. The van der Waals surface area contributed by atoms with E-state index in [4.69, 9.17) is 9.57 Å². The van der Waals surface area contributed by atoms with E-state index in [1.807, 2.05) is 91.0 Å². The second kappa shape index (κ2) is 7.71. The van der Waals surface area contributed by atoms with Crippen LogP contribution >= 0.6 is 0 Å². The molecule has 0 radical (unpaired) electrons. The maximum Gasteiger partial charge on any atom is 0.162 e. The first kappa shape index (κ1) is 14.7. The molecule has 0 saturated carbocycles. The van der Waals surface area contributed by atoms with E-state index < -0.39 is 0 Å². The Labute approximate surface area is 135 Å². The van der Waals surface area contributed by atoms with Gasteiger partial charge >= 0.3 is 0 Å². The number of benzene rings is 3. The van der Waals surface area contributed by atoms with E-state index in [2.05, 4.69) is 5.48 Å². The van der Waals surface area contributed by atoms with Crippen LogP contribution in [0.15, 0.2) is 91.1 Å². The van der Waals surface area contributed by atoms with Gasteiger partial charge in [-0.15, -0.1) is 0 Å². The highest BCUT2D eigenvalue weighted by atomic mass is 16.6. The smallest absolute Gasteiger partial charge is 0.162 e. The quantitative estimate of drug-likeness (QED) is 0.720. The third kappa shape index (κ3) is 4.38. The Bertz CT molecular complexity index is 717. The maximum absolute atomic E-state index is 5.58. The van der Waals surface area contributed by atoms with Crippen molar-refractivity contribution in [3.63, 3.8) is 0 Å². The summed E-state index contributed by atoms with van der Waals surface area (Å²) in [5.74, 6) is 2.62. The van der Waals surface area contributed by atoms with E-state index in [9.17, 15) is 0 Å². The number of fused-ring (bicyclic) bond motifs is 1. The van der Waals surface area contributed by atoms with Gasteiger partial charge < -0.3 is 9.57 Å². The lowest BCUT2D eigenvalue weighted by Crippen LogP contribution is -2.13. The van der Waals surface area contributed by atoms with E-state index in [0.717, 1.165) is 22.8 Å². The minimum absolute atomic E-state index is 0.869. The van der Waals surface area contributed by atoms with Gasteiger partial charge in [0.15, 0.2) is 5.75 Å². The van der Waals surface area contributed by atoms with Crippen LogP contribution in [0.2, 0.25) is 0 Å². The fourth-order valence-electron chi connectivity index (χ4n) is 2.05. The molecule has 3 heteroatoms. The van der Waals surface area contributed by atoms with Crippen LogP contribution in [0.4, 0.5) is 0 Å². The molecule has 0 spiro atoms. The molecule has 0 unspecified atom stereocenters. The predicted octanol–water partition coefficient (Wildman–Crippen LogP) is 5.03. The number of para-hydroxylation sites is 3. The Hall–Kier alpha value is -3.20. The number of nitrogens with one attached hydrogen (secondary N) is 1. The highest BCUT2D eigenvalue weighted by molar-refractivity contribution is 5.57. The summed E-state index contributed by atoms with van der Waals surface area (Å²) in [6, 6.07) is 27.4. The van der Waals surface area contributed by atoms with E-state index in [1.54, 1.807) is 6.20 Å². The van der Waals surface area contributed by atoms with Crippen LogP contribution in [0, 0.1) is 0 Å². The fraction of sp³-hybridized carbons (Fsp3) is 0. The molecule has 1 aliphatic heterocycles. The molecule has 114 valence electrons. The van der Waals surface area contributed by atoms with Gasteiger partial charge in [0.1, 0.15) is 11.5 Å². The van der Waals surface area contributed by atoms with Crippen molar-refractivity contribution in [2.24, 2.45) is 0 Å². The van der Waals surface area contributed by atoms with Crippen molar-refractivity contribution in [3.05, 3.63) is 96.7 Å². The molecular formula is C20H17NO2. The lowest BCUT2D eigenvalue weighted by molar-refractivity contribution is 0.239. The number of hydrogen-bond donors (Lipinski definition) is 1. The van der Waals surface area contributed by atoms with Crippen LogP contribution in [0.3, 0.4) is 0 Å². The highest BCUT2D eigenvalue weighted by Gasteiger charge is 2.01. The number of hydrogen-bond acceptors (Lipinski definition) is 3. The molecule has 3 nitrogen and oxygen atoms in total. The third-order valence-corrected chi connectivity index (χ3v) is 3.14. The van der Waals surface area contributed by atoms with Gasteiger partial charge in [0.25, 0.3) is 0 Å². The summed E-state index contributed by atoms with van der Waals surface area (Å²) in [4.78, 5) is 5.09. The number of ether oxygens (including phenoxy) is 1. The van der Waals surface area contributed by atoms with Gasteiger partial charge in [-0.1, -0.05) is 54.6 Å². The van der Waals surface area contributed by atoms with Crippen molar-refractivity contribution in [2.45, 2.75) is 0 Å². The fourth-order valence-corrected chi connectivity index (χ4v) is 2.05. The second-order valence-corrected chi connectivity index (χ2v) is 4.82. The number of rotatable bonds is 2. The molecule has 3 aromatic carbocycles. The summed E-state index contributed by atoms with van der Waals surface area (Å²) < 4.78 is 5.58. The van der Waals surface area contributed by atoms with Crippen molar-refractivity contribution in [1.29, 1.82) is 0 Å². The van der Waals surface area contributed by atoms with Crippen molar-refractivity contribution < 1.29 is 9.57 Å². The average molecular weight is 303 g/mol. The minimum atomic E-state index is 0.869. The third-order valence-electron chi connectivity index (χ3n) is 3.14. The largest absolute Gasteiger partial charge is 0.457 e. The first-order valence-corrected chi connectivity index (χ1v) is 7.38. The Kier molecular flexibility index (Phi) is 4.93. The van der Waals surface area contributed by atoms with Gasteiger partial charge in [0.2, 0.25) is 0 Å². The molecule has 4 rings (SSSR count). The predicted molar refractivity (Wildman–Crippen MR) is 92.2 cm³/mol. The summed E-state index contributed by atoms with van der Waals surface area (Å²) in [5, 5.41) is 0. The van der Waals surface area contributed by atoms with Gasteiger partial charge in [-0.2, -0.15) is 0 Å². The highest BCUT2D eigenvalue weighted by Crippen LogP contribution is 2.20. The van der Waals surface area contributed by atoms with Crippen LogP contribution < -0.4 is 15.1 Å². The Morgan fingerprint density at radius 1 is 0.652 bits per heavy atom. The van der Waals surface area contributed by atoms with E-state index in [0.29, 0.717) is 0 Å². The summed E-state index contributed by atoms with van der Waals surface area (Å²) >= 11 is 0. The van der Waals surface area contributed by atoms with E-state index >= 15 is 0 Å². The summed E-state index contributed by atoms with van der Waals surface area (Å²) in [7, 11) is 0. The Morgan fingerprint density at radius 2 is 1.22 bits per heavy atom. The van der Waals surface area contributed by atoms with Crippen molar-refractivity contribution in [1.82, 2.24) is 5.48 Å². The molecule has 0 aromatic heterocycles. The van der Waals surface area contributed by atoms with E-state index in [-0.39, 0.29) is 0 Å². The summed E-state index contributed by atoms with van der Waals surface area (Å²) in [6.45, 7) is 0. The van der Waals surface area contributed by atoms with E-state index in [1.165, 1.54) is 0 Å². The molecule has 0 aliphatic carbocycles. The molecule has 1 aliphatic rings. The Morgan fingerprint density at radius 3 is 1.83 bits per heavy atom. The molecule has 1 heterocycles. The molecule has 0 amide bonds. The van der Waals surface area contributed by atoms with Gasteiger partial charge in [-0.3, -0.25) is 0 Å². The SMILES string of the molecule is C1=Cc2ccccc2ON1.c1ccc(Oc2ccccc2)cc1. The zero-order chi connectivity index (χ0) is 15.7. The molecule has 0 saturated heterocycles. The zero-order valence-electron chi connectivity index (χ0n) is 12.6. The zero-order valence-corrected chi connectivity index (χ0v) is 12.6. The van der Waals surface area contributed by atoms with Crippen molar-refractivity contribution in [2.75, 3.05) is 0 Å². The van der Waals surface area contributed by atoms with Crippen LogP contribution in [-0.4, -0.2) is 0 Å². The normalized spacial score (nSPS) is 11.1. The molecule has 23 heavy (non-hydrogen) atoms. The lowest BCUT2D eigenvalue weighted by Gasteiger charge is -2.11. The minimum Gasteiger partial charge on any atom is -0.457 e. The summed E-state index contributed by atoms with van der Waals surface area (Å²) in [6.07, 6.45) is 3.74.